The third kappa shape index (κ3) is 4.08. The highest BCUT2D eigenvalue weighted by atomic mass is 35.5. The summed E-state index contributed by atoms with van der Waals surface area (Å²) in [7, 11) is 0. The van der Waals surface area contributed by atoms with Gasteiger partial charge in [0.15, 0.2) is 0 Å². The summed E-state index contributed by atoms with van der Waals surface area (Å²) in [5, 5.41) is 3.49. The molecule has 4 rings (SSSR count). The van der Waals surface area contributed by atoms with E-state index in [0.29, 0.717) is 5.41 Å². The second-order valence-corrected chi connectivity index (χ2v) is 8.25. The number of nitrogens with zero attached hydrogens (tertiary/aromatic N) is 1. The van der Waals surface area contributed by atoms with Crippen molar-refractivity contribution in [2.45, 2.75) is 29.1 Å². The van der Waals surface area contributed by atoms with E-state index in [4.69, 9.17) is 0 Å². The standard InChI is InChI=1S/C21H24N2OS.ClH/c24-20(23-14-11-21(12-15-23)10-13-22-16-21)18-8-4-5-9-19(18)25-17-6-2-1-3-7-17;/h1-9,22H,10-16H2;1H. The zero-order valence-corrected chi connectivity index (χ0v) is 16.5. The molecule has 1 amide bonds. The number of carbonyl (C=O) groups excluding carboxylic acids is 1. The average molecular weight is 389 g/mol. The summed E-state index contributed by atoms with van der Waals surface area (Å²) in [6, 6.07) is 18.3. The maximum Gasteiger partial charge on any atom is 0.255 e. The Labute approximate surface area is 166 Å². The number of rotatable bonds is 3. The molecule has 0 bridgehead atoms. The molecule has 2 fully saturated rings. The van der Waals surface area contributed by atoms with Crippen molar-refractivity contribution in [3.63, 3.8) is 0 Å². The molecular weight excluding hydrogens is 364 g/mol. The van der Waals surface area contributed by atoms with Gasteiger partial charge in [-0.1, -0.05) is 42.1 Å². The summed E-state index contributed by atoms with van der Waals surface area (Å²) in [5.41, 5.74) is 1.27. The summed E-state index contributed by atoms with van der Waals surface area (Å²) in [6.07, 6.45) is 3.51. The Morgan fingerprint density at radius 3 is 2.35 bits per heavy atom. The summed E-state index contributed by atoms with van der Waals surface area (Å²) in [5.74, 6) is 0.180. The molecule has 2 aliphatic rings. The van der Waals surface area contributed by atoms with Gasteiger partial charge in [-0.05, 0) is 55.5 Å². The van der Waals surface area contributed by atoms with Gasteiger partial charge >= 0.3 is 0 Å². The SMILES string of the molecule is Cl.O=C(c1ccccc1Sc1ccccc1)N1CCC2(CCNC2)CC1. The smallest absolute Gasteiger partial charge is 0.255 e. The second-order valence-electron chi connectivity index (χ2n) is 7.13. The van der Waals surface area contributed by atoms with Crippen LogP contribution < -0.4 is 5.32 Å². The van der Waals surface area contributed by atoms with E-state index in [2.05, 4.69) is 23.5 Å². The Morgan fingerprint density at radius 1 is 0.962 bits per heavy atom. The van der Waals surface area contributed by atoms with Gasteiger partial charge in [-0.25, -0.2) is 0 Å². The van der Waals surface area contributed by atoms with Crippen LogP contribution in [0.2, 0.25) is 0 Å². The summed E-state index contributed by atoms with van der Waals surface area (Å²) in [6.45, 7) is 4.01. The summed E-state index contributed by atoms with van der Waals surface area (Å²) in [4.78, 5) is 17.4. The van der Waals surface area contributed by atoms with E-state index in [-0.39, 0.29) is 18.3 Å². The Morgan fingerprint density at radius 2 is 1.65 bits per heavy atom. The van der Waals surface area contributed by atoms with Crippen molar-refractivity contribution in [3.8, 4) is 0 Å². The quantitative estimate of drug-likeness (QED) is 0.841. The molecule has 1 N–H and O–H groups in total. The van der Waals surface area contributed by atoms with E-state index in [1.54, 1.807) is 11.8 Å². The first-order chi connectivity index (χ1) is 12.3. The number of likely N-dealkylation sites (tertiary alicyclic amines) is 1. The van der Waals surface area contributed by atoms with Gasteiger partial charge < -0.3 is 10.2 Å². The highest BCUT2D eigenvalue weighted by Gasteiger charge is 2.38. The van der Waals surface area contributed by atoms with Gasteiger partial charge in [-0.2, -0.15) is 0 Å². The third-order valence-electron chi connectivity index (χ3n) is 5.53. The lowest BCUT2D eigenvalue weighted by Crippen LogP contribution is -2.44. The number of halogens is 1. The molecule has 2 aliphatic heterocycles. The molecule has 0 saturated carbocycles. The molecule has 138 valence electrons. The number of nitrogens with one attached hydrogen (secondary N) is 1. The van der Waals surface area contributed by atoms with Crippen LogP contribution in [-0.4, -0.2) is 37.0 Å². The van der Waals surface area contributed by atoms with Gasteiger partial charge in [0, 0.05) is 29.4 Å². The van der Waals surface area contributed by atoms with Crippen LogP contribution in [0, 0.1) is 5.41 Å². The number of hydrogen-bond acceptors (Lipinski definition) is 3. The van der Waals surface area contributed by atoms with Crippen molar-refractivity contribution in [3.05, 3.63) is 60.2 Å². The molecule has 0 aromatic heterocycles. The molecule has 2 aromatic rings. The van der Waals surface area contributed by atoms with Crippen LogP contribution >= 0.6 is 24.2 Å². The van der Waals surface area contributed by atoms with Crippen LogP contribution in [0.25, 0.3) is 0 Å². The van der Waals surface area contributed by atoms with Gasteiger partial charge in [0.25, 0.3) is 5.91 Å². The monoisotopic (exact) mass is 388 g/mol. The zero-order chi connectivity index (χ0) is 17.1. The topological polar surface area (TPSA) is 32.3 Å². The number of benzene rings is 2. The fraction of sp³-hybridized carbons (Fsp3) is 0.381. The zero-order valence-electron chi connectivity index (χ0n) is 14.8. The average Bonchev–Trinajstić information content (AvgIpc) is 3.11. The van der Waals surface area contributed by atoms with Crippen LogP contribution in [0.4, 0.5) is 0 Å². The van der Waals surface area contributed by atoms with Crippen molar-refractivity contribution in [1.82, 2.24) is 10.2 Å². The van der Waals surface area contributed by atoms with E-state index < -0.39 is 0 Å². The van der Waals surface area contributed by atoms with E-state index in [0.717, 1.165) is 54.4 Å². The lowest BCUT2D eigenvalue weighted by molar-refractivity contribution is 0.0604. The molecule has 0 atom stereocenters. The van der Waals surface area contributed by atoms with Crippen molar-refractivity contribution in [1.29, 1.82) is 0 Å². The van der Waals surface area contributed by atoms with E-state index >= 15 is 0 Å². The first kappa shape index (κ1) is 19.3. The molecule has 2 saturated heterocycles. The Hall–Kier alpha value is -1.49. The fourth-order valence-corrected chi connectivity index (χ4v) is 4.88. The minimum Gasteiger partial charge on any atom is -0.339 e. The van der Waals surface area contributed by atoms with Gasteiger partial charge in [-0.3, -0.25) is 4.79 Å². The molecule has 2 heterocycles. The van der Waals surface area contributed by atoms with Crippen LogP contribution in [0.3, 0.4) is 0 Å². The van der Waals surface area contributed by atoms with Gasteiger partial charge in [-0.15, -0.1) is 12.4 Å². The molecule has 1 spiro atoms. The Kier molecular flexibility index (Phi) is 6.28. The van der Waals surface area contributed by atoms with Gasteiger partial charge in [0.05, 0.1) is 5.56 Å². The van der Waals surface area contributed by atoms with E-state index in [9.17, 15) is 4.79 Å². The normalized spacial score (nSPS) is 18.5. The largest absolute Gasteiger partial charge is 0.339 e. The lowest BCUT2D eigenvalue weighted by atomic mass is 9.78. The molecular formula is C21H25ClN2OS. The molecule has 0 aliphatic carbocycles. The van der Waals surface area contributed by atoms with Crippen molar-refractivity contribution in [2.24, 2.45) is 5.41 Å². The number of piperidine rings is 1. The predicted octanol–water partition coefficient (Wildman–Crippen LogP) is 4.48. The molecule has 5 heteroatoms. The number of hydrogen-bond donors (Lipinski definition) is 1. The van der Waals surface area contributed by atoms with Crippen LogP contribution in [0.5, 0.6) is 0 Å². The Bertz CT molecular complexity index is 737. The van der Waals surface area contributed by atoms with Gasteiger partial charge in [0.2, 0.25) is 0 Å². The number of amides is 1. The minimum atomic E-state index is 0. The molecule has 3 nitrogen and oxygen atoms in total. The second kappa shape index (κ2) is 8.47. The highest BCUT2D eigenvalue weighted by Crippen LogP contribution is 2.38. The molecule has 0 unspecified atom stereocenters. The molecule has 2 aromatic carbocycles. The first-order valence-electron chi connectivity index (χ1n) is 9.08. The predicted molar refractivity (Wildman–Crippen MR) is 109 cm³/mol. The van der Waals surface area contributed by atoms with E-state index in [1.165, 1.54) is 6.42 Å². The Balaban J connectivity index is 0.00000196. The first-order valence-corrected chi connectivity index (χ1v) is 9.89. The minimum absolute atomic E-state index is 0. The number of carbonyl (C=O) groups is 1. The van der Waals surface area contributed by atoms with Crippen LogP contribution in [0.15, 0.2) is 64.4 Å². The maximum atomic E-state index is 13.1. The summed E-state index contributed by atoms with van der Waals surface area (Å²) >= 11 is 1.67. The van der Waals surface area contributed by atoms with E-state index in [1.807, 2.05) is 41.3 Å². The van der Waals surface area contributed by atoms with Crippen molar-refractivity contribution < 1.29 is 4.79 Å². The van der Waals surface area contributed by atoms with Crippen LogP contribution in [0.1, 0.15) is 29.6 Å². The van der Waals surface area contributed by atoms with Gasteiger partial charge in [0.1, 0.15) is 0 Å². The maximum absolute atomic E-state index is 13.1. The lowest BCUT2D eigenvalue weighted by Gasteiger charge is -2.39. The highest BCUT2D eigenvalue weighted by molar-refractivity contribution is 7.99. The van der Waals surface area contributed by atoms with Crippen LogP contribution in [-0.2, 0) is 0 Å². The third-order valence-corrected chi connectivity index (χ3v) is 6.62. The summed E-state index contributed by atoms with van der Waals surface area (Å²) < 4.78 is 0. The molecule has 26 heavy (non-hydrogen) atoms. The fourth-order valence-electron chi connectivity index (χ4n) is 3.92. The van der Waals surface area contributed by atoms with Crippen molar-refractivity contribution in [2.75, 3.05) is 26.2 Å². The van der Waals surface area contributed by atoms with Crippen molar-refractivity contribution >= 4 is 30.1 Å². The molecule has 0 radical (unpaired) electrons.